The number of ketones is 1. The van der Waals surface area contributed by atoms with Gasteiger partial charge in [-0.25, -0.2) is 4.68 Å². The summed E-state index contributed by atoms with van der Waals surface area (Å²) in [7, 11) is 1.66. The van der Waals surface area contributed by atoms with E-state index in [4.69, 9.17) is 4.74 Å². The number of ether oxygens (including phenoxy) is 1. The first-order valence-electron chi connectivity index (χ1n) is 9.88. The maximum absolute atomic E-state index is 13.4. The average Bonchev–Trinajstić information content (AvgIpc) is 3.26. The smallest absolute Gasteiger partial charge is 0.226 e. The second-order valence-corrected chi connectivity index (χ2v) is 8.40. The maximum Gasteiger partial charge on any atom is 0.226 e. The summed E-state index contributed by atoms with van der Waals surface area (Å²) in [5.41, 5.74) is 3.94. The molecule has 2 heterocycles. The first-order chi connectivity index (χ1) is 14.7. The Morgan fingerprint density at radius 1 is 1.07 bits per heavy atom. The van der Waals surface area contributed by atoms with Gasteiger partial charge in [0.15, 0.2) is 5.78 Å². The third-order valence-electron chi connectivity index (χ3n) is 5.88. The molecule has 5 rings (SSSR count). The number of carbonyl (C=O) groups is 1. The van der Waals surface area contributed by atoms with Gasteiger partial charge in [0, 0.05) is 22.6 Å². The van der Waals surface area contributed by atoms with Gasteiger partial charge in [-0.15, -0.1) is 11.8 Å². The molecule has 0 amide bonds. The number of hydrogen-bond acceptors (Lipinski definition) is 6. The lowest BCUT2D eigenvalue weighted by Gasteiger charge is -2.35. The number of carbonyl (C=O) groups excluding carboxylic acids is 1. The van der Waals surface area contributed by atoms with Gasteiger partial charge in [0.1, 0.15) is 18.1 Å². The Hall–Kier alpha value is -3.06. The van der Waals surface area contributed by atoms with Crippen molar-refractivity contribution in [3.63, 3.8) is 0 Å². The quantitative estimate of drug-likeness (QED) is 0.633. The van der Waals surface area contributed by atoms with Gasteiger partial charge in [0.2, 0.25) is 5.95 Å². The van der Waals surface area contributed by atoms with Crippen molar-refractivity contribution in [2.24, 2.45) is 0 Å². The molecule has 0 saturated carbocycles. The fourth-order valence-corrected chi connectivity index (χ4v) is 4.77. The van der Waals surface area contributed by atoms with Crippen LogP contribution in [0.25, 0.3) is 0 Å². The number of thioether (sulfide) groups is 1. The van der Waals surface area contributed by atoms with Crippen LogP contribution >= 0.6 is 11.8 Å². The number of nitrogens with zero attached hydrogens (tertiary/aromatic N) is 3. The number of hydrogen-bond donors (Lipinski definition) is 1. The Morgan fingerprint density at radius 2 is 1.80 bits per heavy atom. The van der Waals surface area contributed by atoms with Crippen molar-refractivity contribution in [2.45, 2.75) is 29.7 Å². The first-order valence-corrected chi connectivity index (χ1v) is 11.1. The van der Waals surface area contributed by atoms with Crippen LogP contribution in [0, 0.1) is 0 Å². The maximum atomic E-state index is 13.4. The van der Waals surface area contributed by atoms with Crippen molar-refractivity contribution in [1.82, 2.24) is 14.8 Å². The molecule has 1 aliphatic carbocycles. The predicted molar refractivity (Wildman–Crippen MR) is 117 cm³/mol. The third-order valence-corrected chi connectivity index (χ3v) is 6.62. The van der Waals surface area contributed by atoms with E-state index in [0.29, 0.717) is 12.4 Å². The van der Waals surface area contributed by atoms with E-state index < -0.39 is 0 Å². The molecule has 0 saturated heterocycles. The Bertz CT molecular complexity index is 1120. The summed E-state index contributed by atoms with van der Waals surface area (Å²) in [6, 6.07) is 16.1. The normalized spacial score (nSPS) is 20.4. The Kier molecular flexibility index (Phi) is 4.83. The number of anilines is 1. The molecule has 0 radical (unpaired) electrons. The molecule has 1 N–H and O–H groups in total. The Labute approximate surface area is 179 Å². The molecule has 2 unspecified atom stereocenters. The SMILES string of the molecule is COc1ccc(C2CC(=O)C3=C(C2)Nc2ncnn2C3c2ccc(SC)cc2)cc1. The highest BCUT2D eigenvalue weighted by Crippen LogP contribution is 2.44. The molecule has 1 aliphatic heterocycles. The van der Waals surface area contributed by atoms with Gasteiger partial charge in [-0.05, 0) is 54.0 Å². The summed E-state index contributed by atoms with van der Waals surface area (Å²) in [5, 5.41) is 7.79. The fraction of sp³-hybridized carbons (Fsp3) is 0.261. The van der Waals surface area contributed by atoms with Gasteiger partial charge < -0.3 is 10.1 Å². The van der Waals surface area contributed by atoms with Crippen LogP contribution in [-0.4, -0.2) is 33.9 Å². The lowest BCUT2D eigenvalue weighted by molar-refractivity contribution is -0.116. The average molecular weight is 419 g/mol. The van der Waals surface area contributed by atoms with E-state index in [2.05, 4.69) is 45.9 Å². The lowest BCUT2D eigenvalue weighted by Crippen LogP contribution is -2.33. The molecule has 3 aromatic rings. The molecular weight excluding hydrogens is 396 g/mol. The standard InChI is InChI=1S/C23H22N4O2S/c1-29-17-7-3-14(4-8-17)16-11-19-21(20(28)12-16)22(27-23(26-19)24-13-25-27)15-5-9-18(30-2)10-6-15/h3-10,13,16,22H,11-12H2,1-2H3,(H,24,25,26). The molecule has 152 valence electrons. The van der Waals surface area contributed by atoms with Crippen LogP contribution in [0.5, 0.6) is 5.75 Å². The van der Waals surface area contributed by atoms with Crippen LogP contribution in [-0.2, 0) is 4.79 Å². The number of fused-ring (bicyclic) bond motifs is 1. The number of allylic oxidation sites excluding steroid dienone is 2. The molecule has 6 nitrogen and oxygen atoms in total. The number of methoxy groups -OCH3 is 1. The highest BCUT2D eigenvalue weighted by Gasteiger charge is 2.39. The van der Waals surface area contributed by atoms with Crippen LogP contribution in [0.2, 0.25) is 0 Å². The molecule has 7 heteroatoms. The highest BCUT2D eigenvalue weighted by atomic mass is 32.2. The minimum Gasteiger partial charge on any atom is -0.497 e. The number of rotatable bonds is 4. The summed E-state index contributed by atoms with van der Waals surface area (Å²) in [4.78, 5) is 19.0. The number of nitrogens with one attached hydrogen (secondary N) is 1. The second kappa shape index (κ2) is 7.65. The summed E-state index contributed by atoms with van der Waals surface area (Å²) in [6.45, 7) is 0. The molecular formula is C23H22N4O2S. The van der Waals surface area contributed by atoms with Crippen LogP contribution < -0.4 is 10.1 Å². The molecule has 2 aliphatic rings. The van der Waals surface area contributed by atoms with Crippen molar-refractivity contribution in [3.05, 3.63) is 77.3 Å². The van der Waals surface area contributed by atoms with Gasteiger partial charge in [0.05, 0.1) is 7.11 Å². The fourth-order valence-electron chi connectivity index (χ4n) is 4.36. The molecule has 2 aromatic carbocycles. The summed E-state index contributed by atoms with van der Waals surface area (Å²) >= 11 is 1.70. The van der Waals surface area contributed by atoms with Gasteiger partial charge in [0.25, 0.3) is 0 Å². The molecule has 2 atom stereocenters. The lowest BCUT2D eigenvalue weighted by atomic mass is 9.78. The van der Waals surface area contributed by atoms with Crippen molar-refractivity contribution in [2.75, 3.05) is 18.7 Å². The van der Waals surface area contributed by atoms with E-state index in [-0.39, 0.29) is 17.7 Å². The molecule has 0 fully saturated rings. The summed E-state index contributed by atoms with van der Waals surface area (Å²) in [5.74, 6) is 1.78. The van der Waals surface area contributed by atoms with Crippen molar-refractivity contribution < 1.29 is 9.53 Å². The van der Waals surface area contributed by atoms with Gasteiger partial charge in [-0.3, -0.25) is 4.79 Å². The molecule has 0 spiro atoms. The molecule has 30 heavy (non-hydrogen) atoms. The van der Waals surface area contributed by atoms with E-state index >= 15 is 0 Å². The van der Waals surface area contributed by atoms with E-state index in [1.54, 1.807) is 18.9 Å². The van der Waals surface area contributed by atoms with Crippen LogP contribution in [0.15, 0.2) is 71.0 Å². The first kappa shape index (κ1) is 18.9. The highest BCUT2D eigenvalue weighted by molar-refractivity contribution is 7.98. The van der Waals surface area contributed by atoms with E-state index in [1.807, 2.05) is 28.9 Å². The van der Waals surface area contributed by atoms with Crippen molar-refractivity contribution in [1.29, 1.82) is 0 Å². The Morgan fingerprint density at radius 3 is 2.50 bits per heavy atom. The van der Waals surface area contributed by atoms with Crippen molar-refractivity contribution >= 4 is 23.5 Å². The number of benzene rings is 2. The largest absolute Gasteiger partial charge is 0.497 e. The zero-order valence-electron chi connectivity index (χ0n) is 16.8. The van der Waals surface area contributed by atoms with E-state index in [0.717, 1.165) is 34.6 Å². The zero-order chi connectivity index (χ0) is 20.7. The van der Waals surface area contributed by atoms with Gasteiger partial charge in [-0.1, -0.05) is 24.3 Å². The molecule has 0 bridgehead atoms. The summed E-state index contributed by atoms with van der Waals surface area (Å²) < 4.78 is 7.08. The van der Waals surface area contributed by atoms with Crippen LogP contribution in [0.1, 0.15) is 35.9 Å². The minimum absolute atomic E-state index is 0.128. The van der Waals surface area contributed by atoms with Crippen molar-refractivity contribution in [3.8, 4) is 5.75 Å². The number of Topliss-reactive ketones (excluding diaryl/α,β-unsaturated/α-hetero) is 1. The topological polar surface area (TPSA) is 69.0 Å². The minimum atomic E-state index is -0.251. The molecule has 1 aromatic heterocycles. The van der Waals surface area contributed by atoms with E-state index in [1.165, 1.54) is 11.2 Å². The van der Waals surface area contributed by atoms with Gasteiger partial charge >= 0.3 is 0 Å². The zero-order valence-corrected chi connectivity index (χ0v) is 17.6. The third kappa shape index (κ3) is 3.19. The number of aromatic nitrogens is 3. The van der Waals surface area contributed by atoms with Crippen LogP contribution in [0.3, 0.4) is 0 Å². The summed E-state index contributed by atoms with van der Waals surface area (Å²) in [6.07, 6.45) is 4.84. The monoisotopic (exact) mass is 418 g/mol. The predicted octanol–water partition coefficient (Wildman–Crippen LogP) is 4.42. The Balaban J connectivity index is 1.54. The van der Waals surface area contributed by atoms with Crippen LogP contribution in [0.4, 0.5) is 5.95 Å². The van der Waals surface area contributed by atoms with E-state index in [9.17, 15) is 4.79 Å². The second-order valence-electron chi connectivity index (χ2n) is 7.52. The van der Waals surface area contributed by atoms with Gasteiger partial charge in [-0.2, -0.15) is 10.1 Å².